The fourth-order valence-corrected chi connectivity index (χ4v) is 3.06. The highest BCUT2D eigenvalue weighted by atomic mass is 16.5. The average molecular weight is 417 g/mol. The van der Waals surface area contributed by atoms with Gasteiger partial charge < -0.3 is 14.2 Å². The predicted octanol–water partition coefficient (Wildman–Crippen LogP) is 6.96. The average Bonchev–Trinajstić information content (AvgIpc) is 2.75. The van der Waals surface area contributed by atoms with Gasteiger partial charge >= 0.3 is 5.97 Å². The van der Waals surface area contributed by atoms with Crippen molar-refractivity contribution >= 4 is 12.0 Å². The smallest absolute Gasteiger partial charge is 0.330 e. The van der Waals surface area contributed by atoms with Gasteiger partial charge in [0.1, 0.15) is 23.0 Å². The van der Waals surface area contributed by atoms with Crippen LogP contribution in [-0.2, 0) is 16.0 Å². The molecule has 4 nitrogen and oxygen atoms in total. The van der Waals surface area contributed by atoms with E-state index in [0.29, 0.717) is 23.2 Å². The van der Waals surface area contributed by atoms with Crippen molar-refractivity contribution in [2.75, 3.05) is 7.11 Å². The van der Waals surface area contributed by atoms with Crippen molar-refractivity contribution in [2.24, 2.45) is 5.92 Å². The summed E-state index contributed by atoms with van der Waals surface area (Å²) >= 11 is 0. The zero-order valence-corrected chi connectivity index (χ0v) is 18.4. The highest BCUT2D eigenvalue weighted by Gasteiger charge is 2.08. The van der Waals surface area contributed by atoms with Gasteiger partial charge in [0.05, 0.1) is 7.11 Å². The monoisotopic (exact) mass is 416 g/mol. The largest absolute Gasteiger partial charge is 0.466 e. The molecule has 3 aromatic rings. The summed E-state index contributed by atoms with van der Waals surface area (Å²) in [6.07, 6.45) is 4.07. The molecule has 31 heavy (non-hydrogen) atoms. The third-order valence-corrected chi connectivity index (χ3v) is 4.64. The van der Waals surface area contributed by atoms with Crippen molar-refractivity contribution in [2.45, 2.75) is 27.2 Å². The molecule has 0 aromatic heterocycles. The zero-order chi connectivity index (χ0) is 22.2. The Labute approximate surface area is 184 Å². The third kappa shape index (κ3) is 6.75. The molecule has 0 saturated heterocycles. The lowest BCUT2D eigenvalue weighted by Crippen LogP contribution is -1.95. The standard InChI is InChI=1S/C27H28O4/c1-19(2)17-21-7-13-23(14-8-21)30-25-15-9-22(10-16-27(28)29-4)26(18-25)31-24-11-5-20(3)6-12-24/h5-16,18-19H,17H2,1-4H3/b16-10-. The fraction of sp³-hybridized carbons (Fsp3) is 0.222. The number of hydrogen-bond donors (Lipinski definition) is 0. The molecule has 0 atom stereocenters. The molecule has 160 valence electrons. The molecule has 4 heteroatoms. The Bertz CT molecular complexity index is 1030. The van der Waals surface area contributed by atoms with Gasteiger partial charge in [-0.3, -0.25) is 0 Å². The Hall–Kier alpha value is -3.53. The fourth-order valence-electron chi connectivity index (χ4n) is 3.06. The first kappa shape index (κ1) is 22.2. The van der Waals surface area contributed by atoms with Crippen LogP contribution in [0.25, 0.3) is 6.08 Å². The van der Waals surface area contributed by atoms with Crippen LogP contribution in [0.2, 0.25) is 0 Å². The summed E-state index contributed by atoms with van der Waals surface area (Å²) in [5.41, 5.74) is 3.18. The maximum Gasteiger partial charge on any atom is 0.330 e. The van der Waals surface area contributed by atoms with E-state index in [9.17, 15) is 4.79 Å². The molecule has 0 bridgehead atoms. The summed E-state index contributed by atoms with van der Waals surface area (Å²) < 4.78 is 16.8. The highest BCUT2D eigenvalue weighted by molar-refractivity contribution is 5.87. The van der Waals surface area contributed by atoms with Crippen molar-refractivity contribution in [3.05, 3.63) is 89.5 Å². The first-order valence-electron chi connectivity index (χ1n) is 10.3. The van der Waals surface area contributed by atoms with Gasteiger partial charge in [-0.15, -0.1) is 0 Å². The SMILES string of the molecule is COC(=O)/C=C\c1ccc(Oc2ccc(CC(C)C)cc2)cc1Oc1ccc(C)cc1. The van der Waals surface area contributed by atoms with Gasteiger partial charge in [0, 0.05) is 17.7 Å². The van der Waals surface area contributed by atoms with E-state index in [1.54, 1.807) is 6.08 Å². The second-order valence-electron chi connectivity index (χ2n) is 7.82. The second-order valence-corrected chi connectivity index (χ2v) is 7.82. The Morgan fingerprint density at radius 2 is 1.48 bits per heavy atom. The van der Waals surface area contributed by atoms with Gasteiger partial charge in [-0.25, -0.2) is 4.79 Å². The lowest BCUT2D eigenvalue weighted by atomic mass is 10.0. The van der Waals surface area contributed by atoms with E-state index in [4.69, 9.17) is 9.47 Å². The molecule has 0 aliphatic heterocycles. The number of methoxy groups -OCH3 is 1. The lowest BCUT2D eigenvalue weighted by molar-refractivity contribution is -0.134. The van der Waals surface area contributed by atoms with Crippen molar-refractivity contribution in [1.82, 2.24) is 0 Å². The Morgan fingerprint density at radius 1 is 0.871 bits per heavy atom. The summed E-state index contributed by atoms with van der Waals surface area (Å²) in [4.78, 5) is 11.5. The van der Waals surface area contributed by atoms with Crippen molar-refractivity contribution in [3.63, 3.8) is 0 Å². The number of ether oxygens (including phenoxy) is 3. The van der Waals surface area contributed by atoms with Gasteiger partial charge in [0.2, 0.25) is 0 Å². The topological polar surface area (TPSA) is 44.8 Å². The number of carbonyl (C=O) groups is 1. The Balaban J connectivity index is 1.84. The summed E-state index contributed by atoms with van der Waals surface area (Å²) in [5.74, 6) is 2.87. The third-order valence-electron chi connectivity index (χ3n) is 4.64. The molecule has 0 saturated carbocycles. The Morgan fingerprint density at radius 3 is 2.13 bits per heavy atom. The van der Waals surface area contributed by atoms with Crippen LogP contribution in [0.1, 0.15) is 30.5 Å². The van der Waals surface area contributed by atoms with E-state index in [1.165, 1.54) is 18.7 Å². The van der Waals surface area contributed by atoms with Gasteiger partial charge in [-0.05, 0) is 67.3 Å². The van der Waals surface area contributed by atoms with Gasteiger partial charge in [-0.1, -0.05) is 43.7 Å². The normalized spacial score (nSPS) is 11.0. The van der Waals surface area contributed by atoms with Crippen molar-refractivity contribution < 1.29 is 19.0 Å². The molecule has 0 spiro atoms. The van der Waals surface area contributed by atoms with Gasteiger partial charge in [-0.2, -0.15) is 0 Å². The van der Waals surface area contributed by atoms with E-state index in [-0.39, 0.29) is 0 Å². The molecular formula is C27H28O4. The van der Waals surface area contributed by atoms with Crippen LogP contribution in [0.3, 0.4) is 0 Å². The first-order chi connectivity index (χ1) is 14.9. The molecule has 0 aliphatic carbocycles. The summed E-state index contributed by atoms with van der Waals surface area (Å²) in [6.45, 7) is 6.43. The summed E-state index contributed by atoms with van der Waals surface area (Å²) in [7, 11) is 1.35. The number of carbonyl (C=O) groups excluding carboxylic acids is 1. The maximum absolute atomic E-state index is 11.5. The first-order valence-corrected chi connectivity index (χ1v) is 10.3. The predicted molar refractivity (Wildman–Crippen MR) is 124 cm³/mol. The summed E-state index contributed by atoms with van der Waals surface area (Å²) in [6, 6.07) is 21.4. The minimum absolute atomic E-state index is 0.428. The molecule has 0 unspecified atom stereocenters. The van der Waals surface area contributed by atoms with Gasteiger partial charge in [0.25, 0.3) is 0 Å². The van der Waals surface area contributed by atoms with E-state index in [1.807, 2.05) is 61.5 Å². The number of aryl methyl sites for hydroxylation is 1. The maximum atomic E-state index is 11.5. The van der Waals surface area contributed by atoms with Crippen LogP contribution in [-0.4, -0.2) is 13.1 Å². The number of rotatable bonds is 8. The lowest BCUT2D eigenvalue weighted by Gasteiger charge is -2.13. The molecule has 0 aliphatic rings. The van der Waals surface area contributed by atoms with Crippen LogP contribution in [0, 0.1) is 12.8 Å². The highest BCUT2D eigenvalue weighted by Crippen LogP contribution is 2.33. The van der Waals surface area contributed by atoms with E-state index in [2.05, 4.69) is 30.7 Å². The molecule has 0 N–H and O–H groups in total. The van der Waals surface area contributed by atoms with E-state index >= 15 is 0 Å². The number of hydrogen-bond acceptors (Lipinski definition) is 4. The van der Waals surface area contributed by atoms with Crippen LogP contribution in [0.15, 0.2) is 72.8 Å². The molecule has 3 rings (SSSR count). The second kappa shape index (κ2) is 10.5. The Kier molecular flexibility index (Phi) is 7.50. The van der Waals surface area contributed by atoms with E-state index in [0.717, 1.165) is 23.3 Å². The molecule has 3 aromatic carbocycles. The molecule has 0 radical (unpaired) electrons. The number of esters is 1. The quantitative estimate of drug-likeness (QED) is 0.294. The molecular weight excluding hydrogens is 388 g/mol. The molecule has 0 fully saturated rings. The van der Waals surface area contributed by atoms with Crippen LogP contribution < -0.4 is 9.47 Å². The number of benzene rings is 3. The summed E-state index contributed by atoms with van der Waals surface area (Å²) in [5, 5.41) is 0. The van der Waals surface area contributed by atoms with E-state index < -0.39 is 5.97 Å². The van der Waals surface area contributed by atoms with Crippen LogP contribution in [0.4, 0.5) is 0 Å². The van der Waals surface area contributed by atoms with Crippen molar-refractivity contribution in [3.8, 4) is 23.0 Å². The van der Waals surface area contributed by atoms with Crippen molar-refractivity contribution in [1.29, 1.82) is 0 Å². The molecule has 0 amide bonds. The van der Waals surface area contributed by atoms with Crippen LogP contribution in [0.5, 0.6) is 23.0 Å². The minimum atomic E-state index is -0.428. The van der Waals surface area contributed by atoms with Crippen LogP contribution >= 0.6 is 0 Å². The minimum Gasteiger partial charge on any atom is -0.466 e. The zero-order valence-electron chi connectivity index (χ0n) is 18.4. The van der Waals surface area contributed by atoms with Gasteiger partial charge in [0.15, 0.2) is 0 Å². The molecule has 0 heterocycles.